The Morgan fingerprint density at radius 2 is 1.86 bits per heavy atom. The van der Waals surface area contributed by atoms with Gasteiger partial charge in [-0.25, -0.2) is 0 Å². The van der Waals surface area contributed by atoms with E-state index >= 15 is 0 Å². The van der Waals surface area contributed by atoms with Crippen LogP contribution >= 0.6 is 15.9 Å². The normalized spacial score (nSPS) is 10.0. The van der Waals surface area contributed by atoms with Crippen molar-refractivity contribution in [2.45, 2.75) is 13.5 Å². The van der Waals surface area contributed by atoms with Gasteiger partial charge in [-0.2, -0.15) is 0 Å². The van der Waals surface area contributed by atoms with Gasteiger partial charge in [0, 0.05) is 29.1 Å². The Kier molecular flexibility index (Phi) is 5.05. The first-order chi connectivity index (χ1) is 10.1. The van der Waals surface area contributed by atoms with Crippen LogP contribution in [0.5, 0.6) is 0 Å². The van der Waals surface area contributed by atoms with Crippen LogP contribution in [0.1, 0.15) is 11.1 Å². The first kappa shape index (κ1) is 15.2. The average Bonchev–Trinajstić information content (AvgIpc) is 2.49. The molecule has 108 valence electrons. The fraction of sp³-hybridized carbons (Fsp3) is 0.133. The van der Waals surface area contributed by atoms with Crippen molar-refractivity contribution in [2.24, 2.45) is 0 Å². The quantitative estimate of drug-likeness (QED) is 0.837. The van der Waals surface area contributed by atoms with Gasteiger partial charge >= 0.3 is 11.8 Å². The van der Waals surface area contributed by atoms with Crippen LogP contribution < -0.4 is 10.6 Å². The van der Waals surface area contributed by atoms with Gasteiger partial charge in [-0.15, -0.1) is 0 Å². The lowest BCUT2D eigenvalue weighted by molar-refractivity contribution is -0.136. The van der Waals surface area contributed by atoms with Crippen LogP contribution in [0, 0.1) is 6.92 Å². The highest BCUT2D eigenvalue weighted by Gasteiger charge is 2.13. The summed E-state index contributed by atoms with van der Waals surface area (Å²) in [6.07, 6.45) is 3.26. The third-order valence-electron chi connectivity index (χ3n) is 2.82. The van der Waals surface area contributed by atoms with Crippen molar-refractivity contribution < 1.29 is 9.59 Å². The van der Waals surface area contributed by atoms with Crippen molar-refractivity contribution in [2.75, 3.05) is 5.32 Å². The van der Waals surface area contributed by atoms with Crippen LogP contribution in [0.4, 0.5) is 5.69 Å². The van der Waals surface area contributed by atoms with Crippen molar-refractivity contribution >= 4 is 33.4 Å². The average molecular weight is 348 g/mol. The molecule has 2 amide bonds. The molecular weight excluding hydrogens is 334 g/mol. The number of amides is 2. The molecule has 0 saturated heterocycles. The van der Waals surface area contributed by atoms with E-state index in [4.69, 9.17) is 0 Å². The molecule has 0 aliphatic heterocycles. The van der Waals surface area contributed by atoms with E-state index < -0.39 is 11.8 Å². The lowest BCUT2D eigenvalue weighted by Crippen LogP contribution is -2.34. The Bertz CT molecular complexity index is 659. The summed E-state index contributed by atoms with van der Waals surface area (Å²) in [7, 11) is 0. The van der Waals surface area contributed by atoms with E-state index in [1.807, 2.05) is 13.0 Å². The lowest BCUT2D eigenvalue weighted by atomic mass is 10.2. The third-order valence-corrected chi connectivity index (χ3v) is 3.71. The molecule has 6 heteroatoms. The molecule has 5 nitrogen and oxygen atoms in total. The summed E-state index contributed by atoms with van der Waals surface area (Å²) in [6, 6.07) is 8.88. The molecule has 2 N–H and O–H groups in total. The summed E-state index contributed by atoms with van der Waals surface area (Å²) in [5.41, 5.74) is 2.44. The molecule has 0 fully saturated rings. The van der Waals surface area contributed by atoms with Crippen LogP contribution in [0.2, 0.25) is 0 Å². The molecule has 1 aromatic carbocycles. The van der Waals surface area contributed by atoms with Crippen LogP contribution in [0.3, 0.4) is 0 Å². The number of hydrogen-bond donors (Lipinski definition) is 2. The first-order valence-corrected chi connectivity index (χ1v) is 7.10. The standard InChI is InChI=1S/C15H14BrN3O2/c1-10-8-12(2-3-13(10)16)19-15(21)14(20)18-9-11-4-6-17-7-5-11/h2-8H,9H2,1H3,(H,18,20)(H,19,21). The molecular formula is C15H14BrN3O2. The van der Waals surface area contributed by atoms with Gasteiger partial charge in [0.1, 0.15) is 0 Å². The summed E-state index contributed by atoms with van der Waals surface area (Å²) in [5, 5.41) is 5.12. The number of carbonyl (C=O) groups excluding carboxylic acids is 2. The number of anilines is 1. The molecule has 0 radical (unpaired) electrons. The van der Waals surface area contributed by atoms with Crippen LogP contribution in [-0.4, -0.2) is 16.8 Å². The molecule has 2 aromatic rings. The summed E-state index contributed by atoms with van der Waals surface area (Å²) < 4.78 is 0.947. The second-order valence-electron chi connectivity index (χ2n) is 4.46. The van der Waals surface area contributed by atoms with Crippen LogP contribution in [0.25, 0.3) is 0 Å². The number of aromatic nitrogens is 1. The van der Waals surface area contributed by atoms with Crippen LogP contribution in [0.15, 0.2) is 47.2 Å². The third kappa shape index (κ3) is 4.39. The molecule has 0 aliphatic carbocycles. The Morgan fingerprint density at radius 3 is 2.52 bits per heavy atom. The molecule has 0 spiro atoms. The van der Waals surface area contributed by atoms with Crippen LogP contribution in [-0.2, 0) is 16.1 Å². The number of hydrogen-bond acceptors (Lipinski definition) is 3. The Balaban J connectivity index is 1.90. The summed E-state index contributed by atoms with van der Waals surface area (Å²) in [5.74, 6) is -1.36. The largest absolute Gasteiger partial charge is 0.344 e. The number of rotatable bonds is 3. The second-order valence-corrected chi connectivity index (χ2v) is 5.31. The van der Waals surface area contributed by atoms with Gasteiger partial charge in [0.15, 0.2) is 0 Å². The van der Waals surface area contributed by atoms with Crippen molar-refractivity contribution in [3.8, 4) is 0 Å². The highest BCUT2D eigenvalue weighted by molar-refractivity contribution is 9.10. The molecule has 2 rings (SSSR count). The van der Waals surface area contributed by atoms with Gasteiger partial charge < -0.3 is 10.6 Å². The van der Waals surface area contributed by atoms with Gasteiger partial charge in [0.05, 0.1) is 0 Å². The molecule has 21 heavy (non-hydrogen) atoms. The number of nitrogens with zero attached hydrogens (tertiary/aromatic N) is 1. The minimum Gasteiger partial charge on any atom is -0.344 e. The number of halogens is 1. The summed E-state index contributed by atoms with van der Waals surface area (Å²) >= 11 is 3.38. The van der Waals surface area contributed by atoms with Crippen molar-refractivity contribution in [1.82, 2.24) is 10.3 Å². The van der Waals surface area contributed by atoms with Crippen molar-refractivity contribution in [3.05, 3.63) is 58.3 Å². The van der Waals surface area contributed by atoms with E-state index in [2.05, 4.69) is 31.5 Å². The highest BCUT2D eigenvalue weighted by atomic mass is 79.9. The molecule has 0 bridgehead atoms. The fourth-order valence-corrected chi connectivity index (χ4v) is 1.92. The minimum absolute atomic E-state index is 0.286. The number of nitrogens with one attached hydrogen (secondary N) is 2. The zero-order chi connectivity index (χ0) is 15.2. The fourth-order valence-electron chi connectivity index (χ4n) is 1.67. The maximum atomic E-state index is 11.8. The van der Waals surface area contributed by atoms with Gasteiger partial charge in [-0.05, 0) is 48.4 Å². The Labute approximate surface area is 130 Å². The Hall–Kier alpha value is -2.21. The van der Waals surface area contributed by atoms with Crippen molar-refractivity contribution in [1.29, 1.82) is 0 Å². The zero-order valence-electron chi connectivity index (χ0n) is 11.4. The number of pyridine rings is 1. The highest BCUT2D eigenvalue weighted by Crippen LogP contribution is 2.19. The summed E-state index contributed by atoms with van der Waals surface area (Å²) in [6.45, 7) is 2.19. The van der Waals surface area contributed by atoms with E-state index in [1.165, 1.54) is 0 Å². The van der Waals surface area contributed by atoms with Crippen molar-refractivity contribution in [3.63, 3.8) is 0 Å². The minimum atomic E-state index is -0.689. The predicted octanol–water partition coefficient (Wildman–Crippen LogP) is 2.41. The second kappa shape index (κ2) is 6.99. The number of benzene rings is 1. The molecule has 1 aromatic heterocycles. The SMILES string of the molecule is Cc1cc(NC(=O)C(=O)NCc2ccncc2)ccc1Br. The molecule has 0 atom stereocenters. The molecule has 0 saturated carbocycles. The maximum Gasteiger partial charge on any atom is 0.313 e. The zero-order valence-corrected chi connectivity index (χ0v) is 13.0. The van der Waals surface area contributed by atoms with E-state index in [0.717, 1.165) is 15.6 Å². The van der Waals surface area contributed by atoms with Gasteiger partial charge in [0.25, 0.3) is 0 Å². The number of carbonyl (C=O) groups is 2. The first-order valence-electron chi connectivity index (χ1n) is 6.30. The summed E-state index contributed by atoms with van der Waals surface area (Å²) in [4.78, 5) is 27.4. The van der Waals surface area contributed by atoms with E-state index in [0.29, 0.717) is 5.69 Å². The number of aryl methyl sites for hydroxylation is 1. The topological polar surface area (TPSA) is 71.1 Å². The molecule has 1 heterocycles. The van der Waals surface area contributed by atoms with E-state index in [9.17, 15) is 9.59 Å². The van der Waals surface area contributed by atoms with Gasteiger partial charge in [-0.1, -0.05) is 15.9 Å². The molecule has 0 aliphatic rings. The van der Waals surface area contributed by atoms with Gasteiger partial charge in [-0.3, -0.25) is 14.6 Å². The molecule has 0 unspecified atom stereocenters. The monoisotopic (exact) mass is 347 g/mol. The predicted molar refractivity (Wildman–Crippen MR) is 83.6 cm³/mol. The van der Waals surface area contributed by atoms with E-state index in [1.54, 1.807) is 36.7 Å². The lowest BCUT2D eigenvalue weighted by Gasteiger charge is -2.08. The van der Waals surface area contributed by atoms with E-state index in [-0.39, 0.29) is 6.54 Å². The smallest absolute Gasteiger partial charge is 0.313 e. The maximum absolute atomic E-state index is 11.8. The Morgan fingerprint density at radius 1 is 1.14 bits per heavy atom. The van der Waals surface area contributed by atoms with Gasteiger partial charge in [0.2, 0.25) is 0 Å².